The highest BCUT2D eigenvalue weighted by molar-refractivity contribution is 5.70. The molecule has 0 spiro atoms. The van der Waals surface area contributed by atoms with E-state index in [0.717, 1.165) is 37.6 Å². The molecule has 5 nitrogen and oxygen atoms in total. The maximum atomic E-state index is 5.44. The second-order valence-electron chi connectivity index (χ2n) is 3.69. The van der Waals surface area contributed by atoms with Crippen LogP contribution in [0, 0.1) is 0 Å². The Morgan fingerprint density at radius 3 is 2.80 bits per heavy atom. The Balaban J connectivity index is 1.83. The van der Waals surface area contributed by atoms with Crippen LogP contribution in [0.2, 0.25) is 0 Å². The summed E-state index contributed by atoms with van der Waals surface area (Å²) in [7, 11) is 0. The van der Waals surface area contributed by atoms with Crippen LogP contribution in [-0.4, -0.2) is 31.2 Å². The minimum absolute atomic E-state index is 0.968. The van der Waals surface area contributed by atoms with Gasteiger partial charge in [0.25, 0.3) is 0 Å². The Bertz CT molecular complexity index is 351. The summed E-state index contributed by atoms with van der Waals surface area (Å²) in [5.74, 6) is 0. The summed E-state index contributed by atoms with van der Waals surface area (Å²) >= 11 is 0. The zero-order chi connectivity index (χ0) is 10.1. The minimum Gasteiger partial charge on any atom is -0.314 e. The summed E-state index contributed by atoms with van der Waals surface area (Å²) < 4.78 is 0. The van der Waals surface area contributed by atoms with Crippen molar-refractivity contribution in [2.45, 2.75) is 0 Å². The van der Waals surface area contributed by atoms with Crippen LogP contribution < -0.4 is 16.0 Å². The van der Waals surface area contributed by atoms with Crippen LogP contribution in [0.25, 0.3) is 0 Å². The zero-order valence-electron chi connectivity index (χ0n) is 8.44. The van der Waals surface area contributed by atoms with Crippen LogP contribution in [-0.2, 0) is 4.94 Å². The maximum Gasteiger partial charge on any atom is 0.111 e. The number of hydrazine groups is 1. The van der Waals surface area contributed by atoms with Crippen LogP contribution in [0.4, 0.5) is 11.4 Å². The number of nitrogens with one attached hydrogen (secondary N) is 2. The van der Waals surface area contributed by atoms with E-state index in [1.807, 2.05) is 23.4 Å². The molecule has 0 saturated carbocycles. The predicted molar refractivity (Wildman–Crippen MR) is 58.1 cm³/mol. The summed E-state index contributed by atoms with van der Waals surface area (Å²) in [6.07, 6.45) is 0. The minimum atomic E-state index is 0.968. The molecule has 0 aliphatic carbocycles. The van der Waals surface area contributed by atoms with E-state index < -0.39 is 0 Å². The lowest BCUT2D eigenvalue weighted by molar-refractivity contribution is 0.0281. The molecular weight excluding hydrogens is 192 g/mol. The fraction of sp³-hybridized carbons (Fsp3) is 0.400. The third kappa shape index (κ3) is 1.54. The number of rotatable bonds is 1. The third-order valence-electron chi connectivity index (χ3n) is 2.70. The van der Waals surface area contributed by atoms with Crippen molar-refractivity contribution in [1.29, 1.82) is 0 Å². The van der Waals surface area contributed by atoms with Gasteiger partial charge in [0.1, 0.15) is 5.69 Å². The second-order valence-corrected chi connectivity index (χ2v) is 3.69. The lowest BCUT2D eigenvalue weighted by Crippen LogP contribution is -2.51. The molecule has 0 radical (unpaired) electrons. The molecule has 2 aliphatic heterocycles. The molecule has 3 rings (SSSR count). The first-order valence-electron chi connectivity index (χ1n) is 5.23. The van der Waals surface area contributed by atoms with Crippen molar-refractivity contribution in [3.8, 4) is 0 Å². The summed E-state index contributed by atoms with van der Waals surface area (Å²) in [4.78, 5) is 5.44. The molecule has 2 N–H and O–H groups in total. The number of para-hydroxylation sites is 2. The fourth-order valence-electron chi connectivity index (χ4n) is 1.91. The van der Waals surface area contributed by atoms with Crippen LogP contribution in [0.5, 0.6) is 0 Å². The van der Waals surface area contributed by atoms with Gasteiger partial charge in [-0.25, -0.2) is 5.48 Å². The van der Waals surface area contributed by atoms with E-state index in [-0.39, 0.29) is 0 Å². The molecular formula is C10H14N4O. The number of benzene rings is 1. The Labute approximate surface area is 88.5 Å². The van der Waals surface area contributed by atoms with E-state index in [4.69, 9.17) is 4.94 Å². The van der Waals surface area contributed by atoms with Gasteiger partial charge in [0.15, 0.2) is 0 Å². The third-order valence-corrected chi connectivity index (χ3v) is 2.70. The molecule has 0 unspecified atom stereocenters. The Hall–Kier alpha value is -1.30. The smallest absolute Gasteiger partial charge is 0.111 e. The van der Waals surface area contributed by atoms with Crippen LogP contribution in [0.3, 0.4) is 0 Å². The van der Waals surface area contributed by atoms with Gasteiger partial charge in [-0.2, -0.15) is 10.2 Å². The lowest BCUT2D eigenvalue weighted by Gasteiger charge is -2.33. The molecule has 1 aromatic rings. The van der Waals surface area contributed by atoms with E-state index >= 15 is 0 Å². The molecule has 0 atom stereocenters. The van der Waals surface area contributed by atoms with Crippen molar-refractivity contribution < 1.29 is 4.94 Å². The van der Waals surface area contributed by atoms with Crippen molar-refractivity contribution in [3.63, 3.8) is 0 Å². The molecule has 15 heavy (non-hydrogen) atoms. The number of anilines is 2. The van der Waals surface area contributed by atoms with Crippen molar-refractivity contribution in [1.82, 2.24) is 10.3 Å². The topological polar surface area (TPSA) is 39.8 Å². The van der Waals surface area contributed by atoms with Crippen molar-refractivity contribution in [3.05, 3.63) is 24.3 Å². The highest BCUT2D eigenvalue weighted by Crippen LogP contribution is 2.32. The Kier molecular flexibility index (Phi) is 2.21. The van der Waals surface area contributed by atoms with E-state index in [9.17, 15) is 0 Å². The van der Waals surface area contributed by atoms with E-state index in [1.54, 1.807) is 0 Å². The van der Waals surface area contributed by atoms with Gasteiger partial charge in [-0.1, -0.05) is 12.1 Å². The molecule has 1 aromatic carbocycles. The predicted octanol–water partition coefficient (Wildman–Crippen LogP) is 0.585. The first kappa shape index (κ1) is 8.96. The average Bonchev–Trinajstić information content (AvgIpc) is 2.74. The Morgan fingerprint density at radius 2 is 1.93 bits per heavy atom. The number of hydrogen-bond donors (Lipinski definition) is 2. The number of piperazine rings is 1. The number of hydrogen-bond acceptors (Lipinski definition) is 5. The van der Waals surface area contributed by atoms with Crippen LogP contribution in [0.1, 0.15) is 0 Å². The molecule has 0 aromatic heterocycles. The largest absolute Gasteiger partial charge is 0.314 e. The van der Waals surface area contributed by atoms with Gasteiger partial charge in [0.05, 0.1) is 5.69 Å². The van der Waals surface area contributed by atoms with Gasteiger partial charge >= 0.3 is 0 Å². The van der Waals surface area contributed by atoms with E-state index in [0.29, 0.717) is 0 Å². The number of nitrogens with zero attached hydrogens (tertiary/aromatic N) is 2. The summed E-state index contributed by atoms with van der Waals surface area (Å²) in [5.41, 5.74) is 5.02. The zero-order valence-corrected chi connectivity index (χ0v) is 8.44. The molecule has 1 saturated heterocycles. The highest BCUT2D eigenvalue weighted by Gasteiger charge is 2.26. The van der Waals surface area contributed by atoms with E-state index in [2.05, 4.69) is 21.9 Å². The van der Waals surface area contributed by atoms with Crippen LogP contribution >= 0.6 is 0 Å². The van der Waals surface area contributed by atoms with Gasteiger partial charge in [-0.3, -0.25) is 0 Å². The first-order valence-corrected chi connectivity index (χ1v) is 5.23. The van der Waals surface area contributed by atoms with Gasteiger partial charge in [0, 0.05) is 26.2 Å². The van der Waals surface area contributed by atoms with Gasteiger partial charge in [-0.05, 0) is 12.1 Å². The second kappa shape index (κ2) is 3.69. The Morgan fingerprint density at radius 1 is 1.13 bits per heavy atom. The SMILES string of the molecule is c1ccc2c(c1)NON2N1CCNCC1. The number of fused-ring (bicyclic) bond motifs is 1. The summed E-state index contributed by atoms with van der Waals surface area (Å²) in [5, 5.41) is 7.35. The van der Waals surface area contributed by atoms with Crippen LogP contribution in [0.15, 0.2) is 24.3 Å². The molecule has 2 aliphatic rings. The molecule has 0 bridgehead atoms. The normalized spacial score (nSPS) is 21.2. The molecule has 1 fully saturated rings. The fourth-order valence-corrected chi connectivity index (χ4v) is 1.91. The highest BCUT2D eigenvalue weighted by atomic mass is 16.8. The summed E-state index contributed by atoms with van der Waals surface area (Å²) in [6.45, 7) is 3.94. The maximum absolute atomic E-state index is 5.44. The molecule has 80 valence electrons. The molecule has 0 amide bonds. The van der Waals surface area contributed by atoms with Gasteiger partial charge in [-0.15, -0.1) is 4.94 Å². The quantitative estimate of drug-likeness (QED) is 0.703. The molecule has 5 heteroatoms. The average molecular weight is 206 g/mol. The van der Waals surface area contributed by atoms with Gasteiger partial charge in [0.2, 0.25) is 0 Å². The van der Waals surface area contributed by atoms with Gasteiger partial charge < -0.3 is 5.32 Å². The van der Waals surface area contributed by atoms with Crippen molar-refractivity contribution >= 4 is 11.4 Å². The van der Waals surface area contributed by atoms with E-state index in [1.165, 1.54) is 0 Å². The lowest BCUT2D eigenvalue weighted by atomic mass is 10.3. The van der Waals surface area contributed by atoms with Crippen molar-refractivity contribution in [2.75, 3.05) is 36.8 Å². The first-order chi connectivity index (χ1) is 7.45. The summed E-state index contributed by atoms with van der Waals surface area (Å²) in [6, 6.07) is 8.08. The standard InChI is InChI=1S/C10H14N4O/c1-2-4-10-9(3-1)12-15-14(10)13-7-5-11-6-8-13/h1-4,11-12H,5-8H2. The van der Waals surface area contributed by atoms with Crippen molar-refractivity contribution in [2.24, 2.45) is 0 Å². The monoisotopic (exact) mass is 206 g/mol. The molecule has 2 heterocycles.